The summed E-state index contributed by atoms with van der Waals surface area (Å²) >= 11 is 5.20. The summed E-state index contributed by atoms with van der Waals surface area (Å²) in [6.45, 7) is 4.13. The van der Waals surface area contributed by atoms with Gasteiger partial charge >= 0.3 is 0 Å². The summed E-state index contributed by atoms with van der Waals surface area (Å²) in [5.41, 5.74) is 0.0924. The van der Waals surface area contributed by atoms with Crippen LogP contribution in [0.4, 0.5) is 5.69 Å². The standard InChI is InChI=1S/C15H17N3O5S/c1-4-17-14(20)11(16(3)15(17)24)7-9-6-10(18(21)22)8-12(13(9)19)23-5-2/h6-8,19H,4-5H2,1-3H3. The number of amides is 1. The van der Waals surface area contributed by atoms with Crippen molar-refractivity contribution >= 4 is 35.0 Å². The van der Waals surface area contributed by atoms with Crippen LogP contribution in [0.1, 0.15) is 19.4 Å². The second-order valence-corrected chi connectivity index (χ2v) is 5.36. The van der Waals surface area contributed by atoms with Gasteiger partial charge in [-0.3, -0.25) is 19.8 Å². The second kappa shape index (κ2) is 6.83. The van der Waals surface area contributed by atoms with E-state index >= 15 is 0 Å². The topological polar surface area (TPSA) is 96.1 Å². The predicted molar refractivity (Wildman–Crippen MR) is 91.7 cm³/mol. The van der Waals surface area contributed by atoms with Gasteiger partial charge in [-0.1, -0.05) is 0 Å². The van der Waals surface area contributed by atoms with Gasteiger partial charge in [0.25, 0.3) is 11.6 Å². The average molecular weight is 351 g/mol. The van der Waals surface area contributed by atoms with Crippen molar-refractivity contribution in [2.24, 2.45) is 0 Å². The largest absolute Gasteiger partial charge is 0.504 e. The van der Waals surface area contributed by atoms with E-state index in [2.05, 4.69) is 0 Å². The number of thiocarbonyl (C=S) groups is 1. The van der Waals surface area contributed by atoms with Crippen molar-refractivity contribution < 1.29 is 19.6 Å². The molecule has 2 rings (SSSR count). The Bertz CT molecular complexity index is 747. The summed E-state index contributed by atoms with van der Waals surface area (Å²) in [6, 6.07) is 2.33. The molecule has 1 saturated heterocycles. The minimum absolute atomic E-state index is 0.0124. The summed E-state index contributed by atoms with van der Waals surface area (Å²) in [5.74, 6) is -0.604. The molecule has 0 spiro atoms. The van der Waals surface area contributed by atoms with Gasteiger partial charge < -0.3 is 14.7 Å². The highest BCUT2D eigenvalue weighted by molar-refractivity contribution is 7.80. The first-order valence-electron chi connectivity index (χ1n) is 7.27. The number of hydrogen-bond acceptors (Lipinski definition) is 6. The number of nitro groups is 1. The van der Waals surface area contributed by atoms with Gasteiger partial charge in [-0.15, -0.1) is 0 Å². The van der Waals surface area contributed by atoms with Crippen LogP contribution in [0, 0.1) is 10.1 Å². The van der Waals surface area contributed by atoms with Crippen LogP contribution in [0.2, 0.25) is 0 Å². The fourth-order valence-electron chi connectivity index (χ4n) is 2.33. The van der Waals surface area contributed by atoms with Gasteiger partial charge in [0.05, 0.1) is 17.6 Å². The van der Waals surface area contributed by atoms with Crippen LogP contribution in [-0.2, 0) is 4.79 Å². The lowest BCUT2D eigenvalue weighted by atomic mass is 10.1. The van der Waals surface area contributed by atoms with Crippen molar-refractivity contribution in [2.45, 2.75) is 13.8 Å². The zero-order valence-electron chi connectivity index (χ0n) is 13.5. The van der Waals surface area contributed by atoms with Crippen LogP contribution in [0.25, 0.3) is 6.08 Å². The van der Waals surface area contributed by atoms with E-state index in [0.717, 1.165) is 6.07 Å². The lowest BCUT2D eigenvalue weighted by molar-refractivity contribution is -0.385. The summed E-state index contributed by atoms with van der Waals surface area (Å²) in [5, 5.41) is 21.7. The predicted octanol–water partition coefficient (Wildman–Crippen LogP) is 2.12. The molecule has 0 atom stereocenters. The Hall–Kier alpha value is -2.68. The quantitative estimate of drug-likeness (QED) is 0.376. The van der Waals surface area contributed by atoms with Crippen LogP contribution in [0.5, 0.6) is 11.5 Å². The van der Waals surface area contributed by atoms with Gasteiger partial charge in [0.15, 0.2) is 16.6 Å². The molecule has 24 heavy (non-hydrogen) atoms. The van der Waals surface area contributed by atoms with Gasteiger partial charge in [-0.05, 0) is 32.1 Å². The molecule has 1 N–H and O–H groups in total. The molecule has 0 radical (unpaired) electrons. The summed E-state index contributed by atoms with van der Waals surface area (Å²) in [6.07, 6.45) is 1.37. The number of aromatic hydroxyl groups is 1. The molecule has 0 unspecified atom stereocenters. The molecule has 1 aromatic rings. The maximum absolute atomic E-state index is 12.4. The van der Waals surface area contributed by atoms with Gasteiger partial charge in [0, 0.05) is 25.2 Å². The van der Waals surface area contributed by atoms with E-state index in [0.29, 0.717) is 11.7 Å². The van der Waals surface area contributed by atoms with Crippen molar-refractivity contribution in [1.82, 2.24) is 9.80 Å². The molecule has 8 nitrogen and oxygen atoms in total. The van der Waals surface area contributed by atoms with Crippen LogP contribution >= 0.6 is 12.2 Å². The second-order valence-electron chi connectivity index (χ2n) is 4.99. The van der Waals surface area contributed by atoms with E-state index in [1.165, 1.54) is 21.9 Å². The first-order valence-corrected chi connectivity index (χ1v) is 7.68. The molecule has 0 saturated carbocycles. The molecule has 0 aliphatic carbocycles. The summed E-state index contributed by atoms with van der Waals surface area (Å²) < 4.78 is 5.23. The fourth-order valence-corrected chi connectivity index (χ4v) is 2.64. The summed E-state index contributed by atoms with van der Waals surface area (Å²) in [4.78, 5) is 25.8. The number of likely N-dealkylation sites (N-methyl/N-ethyl adjacent to an activating group) is 2. The highest BCUT2D eigenvalue weighted by Gasteiger charge is 2.34. The molecule has 1 aromatic carbocycles. The Kier molecular flexibility index (Phi) is 5.03. The highest BCUT2D eigenvalue weighted by atomic mass is 32.1. The van der Waals surface area contributed by atoms with Gasteiger partial charge in [0.1, 0.15) is 5.70 Å². The first-order chi connectivity index (χ1) is 11.3. The SMILES string of the molecule is CCOc1cc([N+](=O)[O-])cc(C=C2C(=O)N(CC)C(=S)N2C)c1O. The van der Waals surface area contributed by atoms with Crippen LogP contribution in [-0.4, -0.2) is 51.0 Å². The number of phenols is 1. The number of benzene rings is 1. The zero-order valence-corrected chi connectivity index (χ0v) is 14.3. The number of ether oxygens (including phenoxy) is 1. The first kappa shape index (κ1) is 17.7. The number of carbonyl (C=O) groups excluding carboxylic acids is 1. The van der Waals surface area contributed by atoms with E-state index in [-0.39, 0.29) is 41.0 Å². The third-order valence-electron chi connectivity index (χ3n) is 3.55. The minimum Gasteiger partial charge on any atom is -0.504 e. The molecular weight excluding hydrogens is 334 g/mol. The van der Waals surface area contributed by atoms with E-state index in [1.54, 1.807) is 20.9 Å². The van der Waals surface area contributed by atoms with Crippen LogP contribution < -0.4 is 4.74 Å². The van der Waals surface area contributed by atoms with E-state index < -0.39 is 4.92 Å². The number of nitrogens with zero attached hydrogens (tertiary/aromatic N) is 3. The number of hydrogen-bond donors (Lipinski definition) is 1. The lowest BCUT2D eigenvalue weighted by Crippen LogP contribution is -2.30. The Balaban J connectivity index is 2.57. The number of rotatable bonds is 5. The van der Waals surface area contributed by atoms with Crippen molar-refractivity contribution in [2.75, 3.05) is 20.2 Å². The Morgan fingerprint density at radius 3 is 2.58 bits per heavy atom. The van der Waals surface area contributed by atoms with E-state index in [1.807, 2.05) is 0 Å². The smallest absolute Gasteiger partial charge is 0.276 e. The number of nitro benzene ring substituents is 1. The molecule has 9 heteroatoms. The van der Waals surface area contributed by atoms with Gasteiger partial charge in [-0.25, -0.2) is 0 Å². The number of phenolic OH excluding ortho intramolecular Hbond substituents is 1. The van der Waals surface area contributed by atoms with Gasteiger partial charge in [0.2, 0.25) is 0 Å². The molecule has 0 aromatic heterocycles. The molecule has 1 fully saturated rings. The molecule has 1 heterocycles. The average Bonchev–Trinajstić information content (AvgIpc) is 2.74. The highest BCUT2D eigenvalue weighted by Crippen LogP contribution is 2.37. The minimum atomic E-state index is -0.590. The molecular formula is C15H17N3O5S. The number of carbonyl (C=O) groups is 1. The van der Waals surface area contributed by atoms with Gasteiger partial charge in [-0.2, -0.15) is 0 Å². The Morgan fingerprint density at radius 2 is 2.08 bits per heavy atom. The van der Waals surface area contributed by atoms with E-state index in [4.69, 9.17) is 17.0 Å². The Morgan fingerprint density at radius 1 is 1.42 bits per heavy atom. The summed E-state index contributed by atoms with van der Waals surface area (Å²) in [7, 11) is 1.62. The Labute approximate surface area is 144 Å². The molecule has 1 amide bonds. The van der Waals surface area contributed by atoms with Crippen LogP contribution in [0.15, 0.2) is 17.8 Å². The van der Waals surface area contributed by atoms with Crippen molar-refractivity contribution in [3.63, 3.8) is 0 Å². The number of non-ortho nitro benzene ring substituents is 1. The third-order valence-corrected chi connectivity index (χ3v) is 4.05. The lowest BCUT2D eigenvalue weighted by Gasteiger charge is -2.13. The van der Waals surface area contributed by atoms with Crippen molar-refractivity contribution in [3.8, 4) is 11.5 Å². The molecule has 1 aliphatic rings. The third kappa shape index (κ3) is 3.02. The van der Waals surface area contributed by atoms with Crippen molar-refractivity contribution in [1.29, 1.82) is 0 Å². The maximum Gasteiger partial charge on any atom is 0.276 e. The zero-order chi connectivity index (χ0) is 18.0. The van der Waals surface area contributed by atoms with E-state index in [9.17, 15) is 20.0 Å². The normalized spacial score (nSPS) is 16.2. The maximum atomic E-state index is 12.4. The molecule has 1 aliphatic heterocycles. The fraction of sp³-hybridized carbons (Fsp3) is 0.333. The molecule has 128 valence electrons. The van der Waals surface area contributed by atoms with Crippen molar-refractivity contribution in [3.05, 3.63) is 33.5 Å². The van der Waals surface area contributed by atoms with Crippen LogP contribution in [0.3, 0.4) is 0 Å². The molecule has 0 bridgehead atoms. The monoisotopic (exact) mass is 351 g/mol.